The average Bonchev–Trinajstić information content (AvgIpc) is 2.24. The Morgan fingerprint density at radius 1 is 1.67 bits per heavy atom. The van der Waals surface area contributed by atoms with Gasteiger partial charge in [-0.15, -0.1) is 0 Å². The number of ether oxygens (including phenoxy) is 1. The second-order valence-electron chi connectivity index (χ2n) is 3.13. The van der Waals surface area contributed by atoms with Crippen LogP contribution in [0.5, 0.6) is 0 Å². The minimum absolute atomic E-state index is 0.101. The van der Waals surface area contributed by atoms with Crippen LogP contribution in [0, 0.1) is 0 Å². The summed E-state index contributed by atoms with van der Waals surface area (Å²) in [4.78, 5) is 3.97. The van der Waals surface area contributed by atoms with Crippen LogP contribution in [-0.2, 0) is 4.74 Å². The molecule has 84 valence electrons. The zero-order valence-electron chi connectivity index (χ0n) is 8.53. The van der Waals surface area contributed by atoms with Crippen LogP contribution in [0.3, 0.4) is 0 Å². The van der Waals surface area contributed by atoms with Crippen LogP contribution < -0.4 is 17.0 Å². The predicted molar refractivity (Wildman–Crippen MR) is 60.2 cm³/mol. The first-order chi connectivity index (χ1) is 7.19. The van der Waals surface area contributed by atoms with Crippen molar-refractivity contribution in [1.29, 1.82) is 0 Å². The number of hydrogen-bond donors (Lipinski definition) is 3. The molecule has 1 atom stereocenters. The zero-order chi connectivity index (χ0) is 11.3. The Bertz CT molecular complexity index is 321. The Hall–Kier alpha value is -0.880. The molecule has 0 aliphatic heterocycles. The van der Waals surface area contributed by atoms with Crippen LogP contribution in [-0.4, -0.2) is 18.7 Å². The molecule has 1 rings (SSSR count). The molecule has 0 radical (unpaired) electrons. The number of anilines is 1. The Morgan fingerprint density at radius 3 is 3.00 bits per heavy atom. The maximum absolute atomic E-state index is 5.83. The van der Waals surface area contributed by atoms with E-state index in [2.05, 4.69) is 10.4 Å². The zero-order valence-corrected chi connectivity index (χ0v) is 9.29. The molecule has 1 heterocycles. The molecule has 0 spiro atoms. The molecule has 6 heteroatoms. The summed E-state index contributed by atoms with van der Waals surface area (Å²) in [5.74, 6) is 5.86. The molecular weight excluding hydrogens is 216 g/mol. The van der Waals surface area contributed by atoms with Crippen molar-refractivity contribution in [1.82, 2.24) is 10.4 Å². The van der Waals surface area contributed by atoms with Gasteiger partial charge < -0.3 is 10.5 Å². The van der Waals surface area contributed by atoms with Gasteiger partial charge >= 0.3 is 0 Å². The first-order valence-corrected chi connectivity index (χ1v) is 4.92. The monoisotopic (exact) mass is 230 g/mol. The number of hydrazine groups is 1. The van der Waals surface area contributed by atoms with Crippen LogP contribution in [0.25, 0.3) is 0 Å². The SMILES string of the molecule is COCCC(NN)c1cc(Cl)cnc1N. The minimum Gasteiger partial charge on any atom is -0.385 e. The number of pyridine rings is 1. The lowest BCUT2D eigenvalue weighted by Crippen LogP contribution is -2.29. The highest BCUT2D eigenvalue weighted by Gasteiger charge is 2.13. The molecule has 1 aromatic rings. The number of aromatic nitrogens is 1. The fourth-order valence-corrected chi connectivity index (χ4v) is 1.48. The lowest BCUT2D eigenvalue weighted by molar-refractivity contribution is 0.183. The van der Waals surface area contributed by atoms with E-state index in [-0.39, 0.29) is 6.04 Å². The predicted octanol–water partition coefficient (Wildman–Crippen LogP) is 0.858. The fraction of sp³-hybridized carbons (Fsp3) is 0.444. The smallest absolute Gasteiger partial charge is 0.128 e. The summed E-state index contributed by atoms with van der Waals surface area (Å²) in [6.45, 7) is 0.584. The summed E-state index contributed by atoms with van der Waals surface area (Å²) < 4.78 is 4.98. The molecule has 0 aliphatic carbocycles. The second-order valence-corrected chi connectivity index (χ2v) is 3.57. The molecule has 15 heavy (non-hydrogen) atoms. The van der Waals surface area contributed by atoms with Gasteiger partial charge in [0, 0.05) is 25.5 Å². The van der Waals surface area contributed by atoms with E-state index in [4.69, 9.17) is 27.9 Å². The quantitative estimate of drug-likeness (QED) is 0.516. The van der Waals surface area contributed by atoms with Crippen LogP contribution in [0.4, 0.5) is 5.82 Å². The highest BCUT2D eigenvalue weighted by molar-refractivity contribution is 6.30. The molecule has 0 aliphatic rings. The highest BCUT2D eigenvalue weighted by atomic mass is 35.5. The van der Waals surface area contributed by atoms with Crippen LogP contribution in [0.1, 0.15) is 18.0 Å². The number of nitrogens with two attached hydrogens (primary N) is 2. The van der Waals surface area contributed by atoms with E-state index < -0.39 is 0 Å². The summed E-state index contributed by atoms with van der Waals surface area (Å²) in [6, 6.07) is 1.65. The van der Waals surface area contributed by atoms with Crippen molar-refractivity contribution in [2.24, 2.45) is 5.84 Å². The van der Waals surface area contributed by atoms with E-state index in [9.17, 15) is 0 Å². The van der Waals surface area contributed by atoms with Crippen molar-refractivity contribution in [2.75, 3.05) is 19.5 Å². The molecule has 5 nitrogen and oxygen atoms in total. The molecule has 0 bridgehead atoms. The molecule has 0 fully saturated rings. The number of nitrogen functional groups attached to an aromatic ring is 1. The highest BCUT2D eigenvalue weighted by Crippen LogP contribution is 2.23. The summed E-state index contributed by atoms with van der Waals surface area (Å²) in [6.07, 6.45) is 2.21. The molecule has 1 aromatic heterocycles. The second kappa shape index (κ2) is 5.87. The first-order valence-electron chi connectivity index (χ1n) is 4.55. The molecule has 0 aromatic carbocycles. The lowest BCUT2D eigenvalue weighted by Gasteiger charge is -2.17. The van der Waals surface area contributed by atoms with Gasteiger partial charge in [0.05, 0.1) is 11.1 Å². The Balaban J connectivity index is 2.85. The summed E-state index contributed by atoms with van der Waals surface area (Å²) in [7, 11) is 1.63. The van der Waals surface area contributed by atoms with E-state index in [0.717, 1.165) is 5.56 Å². The van der Waals surface area contributed by atoms with Crippen molar-refractivity contribution in [3.63, 3.8) is 0 Å². The van der Waals surface area contributed by atoms with Gasteiger partial charge in [0.2, 0.25) is 0 Å². The van der Waals surface area contributed by atoms with Crippen LogP contribution in [0.15, 0.2) is 12.3 Å². The van der Waals surface area contributed by atoms with Crippen molar-refractivity contribution >= 4 is 17.4 Å². The number of rotatable bonds is 5. The van der Waals surface area contributed by atoms with E-state index in [1.54, 1.807) is 13.2 Å². The summed E-state index contributed by atoms with van der Waals surface area (Å²) in [5.41, 5.74) is 9.19. The standard InChI is InChI=1S/C9H15ClN4O/c1-15-3-2-8(14-12)7-4-6(10)5-13-9(7)11/h4-5,8,14H,2-3,12H2,1H3,(H2,11,13). The largest absolute Gasteiger partial charge is 0.385 e. The van der Waals surface area contributed by atoms with Crippen molar-refractivity contribution in [3.8, 4) is 0 Å². The number of halogens is 1. The van der Waals surface area contributed by atoms with Crippen LogP contribution in [0.2, 0.25) is 5.02 Å². The van der Waals surface area contributed by atoms with Crippen molar-refractivity contribution in [3.05, 3.63) is 22.8 Å². The number of methoxy groups -OCH3 is 1. The molecular formula is C9H15ClN4O. The first kappa shape index (κ1) is 12.2. The maximum Gasteiger partial charge on any atom is 0.128 e. The van der Waals surface area contributed by atoms with Gasteiger partial charge in [-0.05, 0) is 12.5 Å². The van der Waals surface area contributed by atoms with Gasteiger partial charge in [0.25, 0.3) is 0 Å². The molecule has 0 saturated carbocycles. The minimum atomic E-state index is -0.101. The summed E-state index contributed by atoms with van der Waals surface area (Å²) in [5, 5.41) is 0.539. The average molecular weight is 231 g/mol. The van der Waals surface area contributed by atoms with E-state index in [1.807, 2.05) is 0 Å². The van der Waals surface area contributed by atoms with Crippen LogP contribution >= 0.6 is 11.6 Å². The van der Waals surface area contributed by atoms with Crippen molar-refractivity contribution in [2.45, 2.75) is 12.5 Å². The molecule has 5 N–H and O–H groups in total. The maximum atomic E-state index is 5.83. The lowest BCUT2D eigenvalue weighted by atomic mass is 10.1. The number of hydrogen-bond acceptors (Lipinski definition) is 5. The fourth-order valence-electron chi connectivity index (χ4n) is 1.31. The Kier molecular flexibility index (Phi) is 4.77. The van der Waals surface area contributed by atoms with Gasteiger partial charge in [-0.3, -0.25) is 11.3 Å². The van der Waals surface area contributed by atoms with Gasteiger partial charge in [0.1, 0.15) is 5.82 Å². The van der Waals surface area contributed by atoms with Gasteiger partial charge in [-0.2, -0.15) is 0 Å². The van der Waals surface area contributed by atoms with Crippen molar-refractivity contribution < 1.29 is 4.74 Å². The topological polar surface area (TPSA) is 86.2 Å². The summed E-state index contributed by atoms with van der Waals surface area (Å²) >= 11 is 5.83. The van der Waals surface area contributed by atoms with E-state index in [1.165, 1.54) is 6.20 Å². The molecule has 0 saturated heterocycles. The number of nitrogens with zero attached hydrogens (tertiary/aromatic N) is 1. The molecule has 1 unspecified atom stereocenters. The third-order valence-corrected chi connectivity index (χ3v) is 2.31. The third-order valence-electron chi connectivity index (χ3n) is 2.10. The molecule has 0 amide bonds. The normalized spacial score (nSPS) is 12.7. The third kappa shape index (κ3) is 3.32. The van der Waals surface area contributed by atoms with E-state index >= 15 is 0 Å². The Morgan fingerprint density at radius 2 is 2.40 bits per heavy atom. The van der Waals surface area contributed by atoms with Gasteiger partial charge in [-0.25, -0.2) is 4.98 Å². The number of nitrogens with one attached hydrogen (secondary N) is 1. The Labute approximate surface area is 93.7 Å². The van der Waals surface area contributed by atoms with Gasteiger partial charge in [0.15, 0.2) is 0 Å². The van der Waals surface area contributed by atoms with Gasteiger partial charge in [-0.1, -0.05) is 11.6 Å². The van der Waals surface area contributed by atoms with E-state index in [0.29, 0.717) is 23.9 Å².